The zero-order chi connectivity index (χ0) is 17.0. The summed E-state index contributed by atoms with van der Waals surface area (Å²) in [5.74, 6) is 0.239. The van der Waals surface area contributed by atoms with E-state index in [1.54, 1.807) is 12.4 Å². The summed E-state index contributed by atoms with van der Waals surface area (Å²) < 4.78 is 15.7. The first-order valence-corrected chi connectivity index (χ1v) is 9.08. The number of aromatic nitrogens is 4. The number of nitrogens with one attached hydrogen (secondary N) is 1. The second-order valence-electron chi connectivity index (χ2n) is 6.15. The van der Waals surface area contributed by atoms with Gasteiger partial charge in [-0.2, -0.15) is 5.10 Å². The van der Waals surface area contributed by atoms with Gasteiger partial charge < -0.3 is 0 Å². The van der Waals surface area contributed by atoms with Gasteiger partial charge in [0.1, 0.15) is 0 Å². The van der Waals surface area contributed by atoms with Crippen LogP contribution in [0.4, 0.5) is 0 Å². The minimum absolute atomic E-state index is 0.310. The quantitative estimate of drug-likeness (QED) is 0.779. The molecule has 1 unspecified atom stereocenters. The lowest BCUT2D eigenvalue weighted by Gasteiger charge is -2.04. The number of amides is 1. The van der Waals surface area contributed by atoms with E-state index in [9.17, 15) is 9.00 Å². The molecule has 1 N–H and O–H groups in total. The number of hydrogen-bond donors (Lipinski definition) is 1. The molecule has 0 bridgehead atoms. The van der Waals surface area contributed by atoms with Crippen LogP contribution in [0.25, 0.3) is 27.2 Å². The fraction of sp³-hybridized carbons (Fsp3) is 0.176. The Morgan fingerprint density at radius 3 is 2.72 bits per heavy atom. The van der Waals surface area contributed by atoms with Crippen LogP contribution in [0.5, 0.6) is 0 Å². The van der Waals surface area contributed by atoms with E-state index in [0.29, 0.717) is 16.5 Å². The van der Waals surface area contributed by atoms with E-state index in [1.165, 1.54) is 23.6 Å². The summed E-state index contributed by atoms with van der Waals surface area (Å²) in [5, 5.41) is 5.42. The maximum absolute atomic E-state index is 11.9. The van der Waals surface area contributed by atoms with Gasteiger partial charge in [-0.25, -0.2) is 8.89 Å². The van der Waals surface area contributed by atoms with Crippen LogP contribution >= 0.6 is 0 Å². The molecule has 1 amide bonds. The molecule has 3 aromatic heterocycles. The zero-order valence-electron chi connectivity index (χ0n) is 13.0. The van der Waals surface area contributed by atoms with Crippen LogP contribution < -0.4 is 4.72 Å². The average Bonchev–Trinajstić information content (AvgIpc) is 3.31. The number of carbonyl (C=O) groups excluding carboxylic acids is 1. The SMILES string of the molecule is O=C1C=C(n2ncc3cc(-c4ccc(C5CC5)nc4)ncc32)S(=O)N1. The van der Waals surface area contributed by atoms with Crippen molar-refractivity contribution < 1.29 is 9.00 Å². The van der Waals surface area contributed by atoms with Gasteiger partial charge in [-0.15, -0.1) is 0 Å². The van der Waals surface area contributed by atoms with Crippen molar-refractivity contribution in [1.82, 2.24) is 24.5 Å². The van der Waals surface area contributed by atoms with Gasteiger partial charge in [0.25, 0.3) is 5.91 Å². The molecule has 3 aromatic rings. The molecule has 25 heavy (non-hydrogen) atoms. The van der Waals surface area contributed by atoms with Gasteiger partial charge in [-0.3, -0.25) is 19.5 Å². The summed E-state index contributed by atoms with van der Waals surface area (Å²) in [5.41, 5.74) is 3.59. The number of nitrogens with zero attached hydrogens (tertiary/aromatic N) is 4. The van der Waals surface area contributed by atoms with E-state index < -0.39 is 11.0 Å². The normalized spacial score (nSPS) is 19.9. The molecule has 5 rings (SSSR count). The molecule has 8 heteroatoms. The molecular weight excluding hydrogens is 338 g/mol. The van der Waals surface area contributed by atoms with Crippen LogP contribution in [-0.2, 0) is 15.8 Å². The van der Waals surface area contributed by atoms with Crippen molar-refractivity contribution in [2.45, 2.75) is 18.8 Å². The molecule has 1 atom stereocenters. The van der Waals surface area contributed by atoms with Crippen LogP contribution in [0, 0.1) is 0 Å². The Kier molecular flexibility index (Phi) is 3.08. The molecule has 0 aromatic carbocycles. The molecule has 1 fully saturated rings. The van der Waals surface area contributed by atoms with E-state index in [1.807, 2.05) is 18.3 Å². The van der Waals surface area contributed by atoms with Crippen molar-refractivity contribution in [1.29, 1.82) is 0 Å². The third kappa shape index (κ3) is 2.45. The second-order valence-corrected chi connectivity index (χ2v) is 7.31. The molecule has 4 heterocycles. The van der Waals surface area contributed by atoms with Crippen molar-refractivity contribution in [2.75, 3.05) is 0 Å². The topological polar surface area (TPSA) is 89.8 Å². The standard InChI is InChI=1S/C17H13N5O2S/c23-16-6-17(25(24)21-16)22-15-9-19-14(5-12(15)8-20-22)11-3-4-13(18-7-11)10-1-2-10/h3-10H,1-2H2,(H,21,23). The van der Waals surface area contributed by atoms with Crippen LogP contribution in [0.2, 0.25) is 0 Å². The summed E-state index contributed by atoms with van der Waals surface area (Å²) in [4.78, 5) is 20.4. The first-order valence-electron chi connectivity index (χ1n) is 7.93. The van der Waals surface area contributed by atoms with E-state index in [-0.39, 0.29) is 5.91 Å². The Morgan fingerprint density at radius 2 is 2.04 bits per heavy atom. The fourth-order valence-corrected chi connectivity index (χ4v) is 3.78. The van der Waals surface area contributed by atoms with Crippen molar-refractivity contribution in [2.24, 2.45) is 0 Å². The molecule has 2 aliphatic rings. The Bertz CT molecular complexity index is 1070. The van der Waals surface area contributed by atoms with Gasteiger partial charge in [-0.1, -0.05) is 0 Å². The highest BCUT2D eigenvalue weighted by molar-refractivity contribution is 7.93. The van der Waals surface area contributed by atoms with Crippen LogP contribution in [0.15, 0.2) is 42.9 Å². The summed E-state index contributed by atoms with van der Waals surface area (Å²) >= 11 is 0. The molecule has 1 aliphatic carbocycles. The highest BCUT2D eigenvalue weighted by atomic mass is 32.2. The predicted molar refractivity (Wildman–Crippen MR) is 93.3 cm³/mol. The predicted octanol–water partition coefficient (Wildman–Crippen LogP) is 1.96. The lowest BCUT2D eigenvalue weighted by molar-refractivity contribution is -0.114. The maximum atomic E-state index is 11.9. The number of pyridine rings is 2. The fourth-order valence-electron chi connectivity index (χ4n) is 2.92. The molecule has 1 saturated carbocycles. The minimum atomic E-state index is -1.59. The number of carbonyl (C=O) groups is 1. The first-order chi connectivity index (χ1) is 12.2. The van der Waals surface area contributed by atoms with Gasteiger partial charge in [0.15, 0.2) is 16.0 Å². The Balaban J connectivity index is 1.53. The largest absolute Gasteiger partial charge is 0.269 e. The first kappa shape index (κ1) is 14.5. The van der Waals surface area contributed by atoms with E-state index in [4.69, 9.17) is 0 Å². The number of fused-ring (bicyclic) bond motifs is 1. The van der Waals surface area contributed by atoms with Crippen molar-refractivity contribution >= 4 is 32.8 Å². The lowest BCUT2D eigenvalue weighted by atomic mass is 10.1. The monoisotopic (exact) mass is 351 g/mol. The molecule has 1 aliphatic heterocycles. The van der Waals surface area contributed by atoms with Crippen LogP contribution in [0.3, 0.4) is 0 Å². The third-order valence-corrected chi connectivity index (χ3v) is 5.44. The molecule has 0 radical (unpaired) electrons. The maximum Gasteiger partial charge on any atom is 0.258 e. The Morgan fingerprint density at radius 1 is 1.16 bits per heavy atom. The molecular formula is C17H13N5O2S. The third-order valence-electron chi connectivity index (χ3n) is 4.38. The van der Waals surface area contributed by atoms with Gasteiger partial charge in [0.05, 0.1) is 23.6 Å². The van der Waals surface area contributed by atoms with Crippen LogP contribution in [0.1, 0.15) is 24.5 Å². The van der Waals surface area contributed by atoms with Gasteiger partial charge in [-0.05, 0) is 31.0 Å². The summed E-state index contributed by atoms with van der Waals surface area (Å²) in [6.07, 6.45) is 8.94. The Labute approximate surface area is 145 Å². The van der Waals surface area contributed by atoms with E-state index in [0.717, 1.165) is 22.3 Å². The van der Waals surface area contributed by atoms with Crippen molar-refractivity contribution in [3.05, 3.63) is 48.6 Å². The summed E-state index contributed by atoms with van der Waals surface area (Å²) in [6, 6.07) is 6.02. The van der Waals surface area contributed by atoms with Gasteiger partial charge >= 0.3 is 0 Å². The van der Waals surface area contributed by atoms with E-state index in [2.05, 4.69) is 25.9 Å². The highest BCUT2D eigenvalue weighted by Gasteiger charge is 2.25. The van der Waals surface area contributed by atoms with Gasteiger partial charge in [0.2, 0.25) is 0 Å². The lowest BCUT2D eigenvalue weighted by Crippen LogP contribution is -2.17. The molecule has 7 nitrogen and oxygen atoms in total. The van der Waals surface area contributed by atoms with Crippen molar-refractivity contribution in [3.63, 3.8) is 0 Å². The highest BCUT2D eigenvalue weighted by Crippen LogP contribution is 2.39. The zero-order valence-corrected chi connectivity index (χ0v) is 13.9. The van der Waals surface area contributed by atoms with Crippen LogP contribution in [-0.4, -0.2) is 29.9 Å². The smallest absolute Gasteiger partial charge is 0.258 e. The van der Waals surface area contributed by atoms with Crippen molar-refractivity contribution in [3.8, 4) is 11.3 Å². The minimum Gasteiger partial charge on any atom is -0.269 e. The van der Waals surface area contributed by atoms with E-state index >= 15 is 0 Å². The van der Waals surface area contributed by atoms with Gasteiger partial charge in [0, 0.05) is 34.8 Å². The number of hydrogen-bond acceptors (Lipinski definition) is 5. The second kappa shape index (κ2) is 5.32. The Hall–Kier alpha value is -2.87. The summed E-state index contributed by atoms with van der Waals surface area (Å²) in [7, 11) is -1.59. The molecule has 124 valence electrons. The molecule has 0 spiro atoms. The molecule has 0 saturated heterocycles. The average molecular weight is 351 g/mol. The summed E-state index contributed by atoms with van der Waals surface area (Å²) in [6.45, 7) is 0. The number of rotatable bonds is 3.